The van der Waals surface area contributed by atoms with Crippen LogP contribution in [0.25, 0.3) is 6.08 Å². The molecule has 1 aromatic heterocycles. The average molecular weight is 200 g/mol. The molecule has 0 aliphatic rings. The molecule has 1 rings (SSSR count). The van der Waals surface area contributed by atoms with Gasteiger partial charge in [-0.1, -0.05) is 0 Å². The normalized spacial score (nSPS) is 10.4. The van der Waals surface area contributed by atoms with Gasteiger partial charge in [0.05, 0.1) is 0 Å². The van der Waals surface area contributed by atoms with E-state index in [0.29, 0.717) is 5.57 Å². The summed E-state index contributed by atoms with van der Waals surface area (Å²) in [5, 5.41) is 8.56. The first kappa shape index (κ1) is 11.6. The van der Waals surface area contributed by atoms with Gasteiger partial charge in [0, 0.05) is 18.0 Å². The van der Waals surface area contributed by atoms with E-state index in [1.807, 2.05) is 0 Å². The number of hydrogen-bond donors (Lipinski definition) is 1. The van der Waals surface area contributed by atoms with Gasteiger partial charge in [-0.2, -0.15) is 0 Å². The van der Waals surface area contributed by atoms with Gasteiger partial charge in [-0.05, 0) is 30.7 Å². The van der Waals surface area contributed by atoms with Gasteiger partial charge < -0.3 is 5.11 Å². The summed E-state index contributed by atoms with van der Waals surface area (Å²) >= 11 is 0. The van der Waals surface area contributed by atoms with Crippen LogP contribution in [0.2, 0.25) is 0 Å². The number of aliphatic carboxylic acids is 1. The molecule has 0 aliphatic heterocycles. The topological polar surface area (TPSA) is 50.2 Å². The van der Waals surface area contributed by atoms with Crippen molar-refractivity contribution in [3.05, 3.63) is 35.7 Å². The maximum atomic E-state index is 10.4. The highest BCUT2D eigenvalue weighted by molar-refractivity contribution is 5.91. The number of hydrogen-bond acceptors (Lipinski definition) is 2. The number of carbonyl (C=O) groups is 1. The Bertz CT molecular complexity index is 309. The minimum absolute atomic E-state index is 0. The second-order valence-corrected chi connectivity index (χ2v) is 2.41. The third-order valence-electron chi connectivity index (χ3n) is 1.43. The second kappa shape index (κ2) is 5.32. The van der Waals surface area contributed by atoms with Crippen molar-refractivity contribution in [2.75, 3.05) is 0 Å². The first-order chi connectivity index (χ1) is 5.70. The molecule has 0 saturated heterocycles. The molecule has 0 radical (unpaired) electrons. The van der Waals surface area contributed by atoms with E-state index >= 15 is 0 Å². The van der Waals surface area contributed by atoms with Crippen LogP contribution in [0.4, 0.5) is 0 Å². The molecule has 70 valence electrons. The van der Waals surface area contributed by atoms with Crippen LogP contribution in [0, 0.1) is 0 Å². The van der Waals surface area contributed by atoms with Crippen molar-refractivity contribution in [3.63, 3.8) is 0 Å². The highest BCUT2D eigenvalue weighted by Crippen LogP contribution is 2.04. The summed E-state index contributed by atoms with van der Waals surface area (Å²) in [6.45, 7) is 1.56. The minimum atomic E-state index is -0.896. The zero-order valence-electron chi connectivity index (χ0n) is 7.10. The number of pyridine rings is 1. The summed E-state index contributed by atoms with van der Waals surface area (Å²) in [4.78, 5) is 14.2. The Labute approximate surface area is 82.5 Å². The molecule has 0 aromatic carbocycles. The van der Waals surface area contributed by atoms with Crippen molar-refractivity contribution in [3.8, 4) is 0 Å². The Morgan fingerprint density at radius 2 is 2.00 bits per heavy atom. The van der Waals surface area contributed by atoms with Gasteiger partial charge in [0.1, 0.15) is 0 Å². The molecule has 1 heterocycles. The third kappa shape index (κ3) is 3.71. The van der Waals surface area contributed by atoms with Crippen LogP contribution in [0.1, 0.15) is 12.5 Å². The van der Waals surface area contributed by atoms with E-state index in [9.17, 15) is 4.79 Å². The van der Waals surface area contributed by atoms with Gasteiger partial charge in [-0.3, -0.25) is 4.98 Å². The Balaban J connectivity index is 0.00000144. The van der Waals surface area contributed by atoms with E-state index in [2.05, 4.69) is 4.98 Å². The van der Waals surface area contributed by atoms with Crippen molar-refractivity contribution < 1.29 is 9.90 Å². The summed E-state index contributed by atoms with van der Waals surface area (Å²) < 4.78 is 0. The fourth-order valence-electron chi connectivity index (χ4n) is 0.771. The van der Waals surface area contributed by atoms with Gasteiger partial charge in [0.2, 0.25) is 0 Å². The highest BCUT2D eigenvalue weighted by Gasteiger charge is 1.98. The van der Waals surface area contributed by atoms with Crippen LogP contribution >= 0.6 is 12.4 Å². The first-order valence-corrected chi connectivity index (χ1v) is 3.52. The van der Waals surface area contributed by atoms with E-state index in [1.165, 1.54) is 0 Å². The molecule has 0 bridgehead atoms. The van der Waals surface area contributed by atoms with Crippen LogP contribution in [-0.4, -0.2) is 16.1 Å². The number of carboxylic acid groups (broad SMARTS) is 1. The van der Waals surface area contributed by atoms with Crippen molar-refractivity contribution in [1.82, 2.24) is 4.98 Å². The molecule has 0 atom stereocenters. The summed E-state index contributed by atoms with van der Waals surface area (Å²) in [7, 11) is 0. The molecule has 3 nitrogen and oxygen atoms in total. The van der Waals surface area contributed by atoms with E-state index < -0.39 is 5.97 Å². The quantitative estimate of drug-likeness (QED) is 0.742. The largest absolute Gasteiger partial charge is 0.478 e. The van der Waals surface area contributed by atoms with E-state index in [0.717, 1.165) is 5.56 Å². The molecule has 4 heteroatoms. The van der Waals surface area contributed by atoms with E-state index in [1.54, 1.807) is 37.5 Å². The molecule has 1 aromatic rings. The summed E-state index contributed by atoms with van der Waals surface area (Å²) in [5.41, 5.74) is 1.17. The number of rotatable bonds is 2. The summed E-state index contributed by atoms with van der Waals surface area (Å²) in [6, 6.07) is 3.51. The molecule has 0 saturated carbocycles. The van der Waals surface area contributed by atoms with Crippen LogP contribution < -0.4 is 0 Å². The lowest BCUT2D eigenvalue weighted by Gasteiger charge is -1.93. The van der Waals surface area contributed by atoms with Crippen LogP contribution in [0.3, 0.4) is 0 Å². The first-order valence-electron chi connectivity index (χ1n) is 3.52. The number of carboxylic acids is 1. The molecule has 1 N–H and O–H groups in total. The second-order valence-electron chi connectivity index (χ2n) is 2.41. The SMILES string of the molecule is C/C(=C\c1ccncc1)C(=O)O.Cl. The predicted molar refractivity (Wildman–Crippen MR) is 52.8 cm³/mol. The zero-order chi connectivity index (χ0) is 8.97. The minimum Gasteiger partial charge on any atom is -0.478 e. The number of nitrogens with zero attached hydrogens (tertiary/aromatic N) is 1. The van der Waals surface area contributed by atoms with Gasteiger partial charge in [0.15, 0.2) is 0 Å². The fraction of sp³-hybridized carbons (Fsp3) is 0.111. The lowest BCUT2D eigenvalue weighted by molar-refractivity contribution is -0.132. The average Bonchev–Trinajstić information content (AvgIpc) is 2.06. The van der Waals surface area contributed by atoms with Gasteiger partial charge in [-0.25, -0.2) is 4.79 Å². The summed E-state index contributed by atoms with van der Waals surface area (Å²) in [5.74, 6) is -0.896. The Kier molecular flexibility index (Phi) is 4.77. The van der Waals surface area contributed by atoms with E-state index in [-0.39, 0.29) is 12.4 Å². The molecule has 0 amide bonds. The van der Waals surface area contributed by atoms with Crippen LogP contribution in [0.5, 0.6) is 0 Å². The van der Waals surface area contributed by atoms with Crippen molar-refractivity contribution in [2.24, 2.45) is 0 Å². The maximum absolute atomic E-state index is 10.4. The molecule has 0 fully saturated rings. The smallest absolute Gasteiger partial charge is 0.331 e. The molecular weight excluding hydrogens is 190 g/mol. The number of halogens is 1. The van der Waals surface area contributed by atoms with Crippen molar-refractivity contribution >= 4 is 24.5 Å². The van der Waals surface area contributed by atoms with Crippen molar-refractivity contribution in [1.29, 1.82) is 0 Å². The summed E-state index contributed by atoms with van der Waals surface area (Å²) in [6.07, 6.45) is 4.85. The van der Waals surface area contributed by atoms with Gasteiger partial charge in [0.25, 0.3) is 0 Å². The molecular formula is C9H10ClNO2. The monoisotopic (exact) mass is 199 g/mol. The van der Waals surface area contributed by atoms with Crippen LogP contribution in [0.15, 0.2) is 30.1 Å². The third-order valence-corrected chi connectivity index (χ3v) is 1.43. The zero-order valence-corrected chi connectivity index (χ0v) is 7.91. The van der Waals surface area contributed by atoms with Gasteiger partial charge >= 0.3 is 5.97 Å². The van der Waals surface area contributed by atoms with Crippen molar-refractivity contribution in [2.45, 2.75) is 6.92 Å². The Hall–Kier alpha value is -1.35. The predicted octanol–water partition coefficient (Wildman–Crippen LogP) is 1.99. The van der Waals surface area contributed by atoms with Gasteiger partial charge in [-0.15, -0.1) is 12.4 Å². The standard InChI is InChI=1S/C9H9NO2.ClH/c1-7(9(11)12)6-8-2-4-10-5-3-8;/h2-6H,1H3,(H,11,12);1H/b7-6+;. The molecule has 0 aliphatic carbocycles. The lowest BCUT2D eigenvalue weighted by atomic mass is 10.2. The lowest BCUT2D eigenvalue weighted by Crippen LogP contribution is -1.95. The molecule has 0 spiro atoms. The highest BCUT2D eigenvalue weighted by atomic mass is 35.5. The number of aromatic nitrogens is 1. The Morgan fingerprint density at radius 1 is 1.46 bits per heavy atom. The van der Waals surface area contributed by atoms with Crippen LogP contribution in [-0.2, 0) is 4.79 Å². The Morgan fingerprint density at radius 3 is 2.46 bits per heavy atom. The van der Waals surface area contributed by atoms with E-state index in [4.69, 9.17) is 5.11 Å². The molecule has 13 heavy (non-hydrogen) atoms. The fourth-order valence-corrected chi connectivity index (χ4v) is 0.771. The maximum Gasteiger partial charge on any atom is 0.331 e. The molecule has 0 unspecified atom stereocenters.